The lowest BCUT2D eigenvalue weighted by molar-refractivity contribution is -0.0113. The van der Waals surface area contributed by atoms with Gasteiger partial charge in [0.15, 0.2) is 0 Å². The predicted octanol–water partition coefficient (Wildman–Crippen LogP) is 3.02. The lowest BCUT2D eigenvalue weighted by Crippen LogP contribution is -2.48. The number of morpholine rings is 1. The molecule has 1 fully saturated rings. The van der Waals surface area contributed by atoms with Crippen molar-refractivity contribution >= 4 is 11.7 Å². The summed E-state index contributed by atoms with van der Waals surface area (Å²) >= 11 is 0. The lowest BCUT2D eigenvalue weighted by Gasteiger charge is -2.33. The molecule has 2 heterocycles. The molecular formula is C19H26N4O2. The summed E-state index contributed by atoms with van der Waals surface area (Å²) in [6, 6.07) is 10.2. The highest BCUT2D eigenvalue weighted by atomic mass is 16.5. The molecule has 6 heteroatoms. The van der Waals surface area contributed by atoms with Gasteiger partial charge in [-0.1, -0.05) is 44.2 Å². The molecule has 1 atom stereocenters. The summed E-state index contributed by atoms with van der Waals surface area (Å²) in [5.74, 6) is 0.256. The maximum Gasteiger partial charge on any atom is 0.322 e. The minimum Gasteiger partial charge on any atom is -0.374 e. The van der Waals surface area contributed by atoms with E-state index in [1.807, 2.05) is 36.3 Å². The van der Waals surface area contributed by atoms with Crippen LogP contribution in [-0.4, -0.2) is 46.5 Å². The van der Waals surface area contributed by atoms with Crippen LogP contribution in [0.1, 0.15) is 31.0 Å². The molecule has 1 saturated heterocycles. The van der Waals surface area contributed by atoms with Crippen molar-refractivity contribution in [3.05, 3.63) is 47.8 Å². The summed E-state index contributed by atoms with van der Waals surface area (Å²) in [4.78, 5) is 14.5. The van der Waals surface area contributed by atoms with Gasteiger partial charge in [-0.15, -0.1) is 0 Å². The Balaban J connectivity index is 1.62. The highest BCUT2D eigenvalue weighted by Crippen LogP contribution is 2.23. The molecule has 25 heavy (non-hydrogen) atoms. The van der Waals surface area contributed by atoms with Gasteiger partial charge in [-0.25, -0.2) is 4.79 Å². The van der Waals surface area contributed by atoms with Gasteiger partial charge in [0.1, 0.15) is 0 Å². The van der Waals surface area contributed by atoms with Crippen molar-refractivity contribution in [1.29, 1.82) is 0 Å². The molecule has 134 valence electrons. The monoisotopic (exact) mass is 342 g/mol. The van der Waals surface area contributed by atoms with Gasteiger partial charge in [0.25, 0.3) is 0 Å². The standard InChI is InChI=1S/C19H26N4O2/c1-14(2)18-17(13-22(3)21-18)20-19(24)23-9-10-25-16(12-23)11-15-7-5-4-6-8-15/h4-8,13-14,16H,9-12H2,1-3H3,(H,20,24). The summed E-state index contributed by atoms with van der Waals surface area (Å²) < 4.78 is 7.58. The average Bonchev–Trinajstić information content (AvgIpc) is 2.96. The number of hydrogen-bond acceptors (Lipinski definition) is 3. The Labute approximate surface area is 148 Å². The molecule has 2 amide bonds. The van der Waals surface area contributed by atoms with E-state index < -0.39 is 0 Å². The van der Waals surface area contributed by atoms with Crippen molar-refractivity contribution in [2.75, 3.05) is 25.0 Å². The number of amides is 2. The van der Waals surface area contributed by atoms with Crippen molar-refractivity contribution in [3.63, 3.8) is 0 Å². The summed E-state index contributed by atoms with van der Waals surface area (Å²) in [5.41, 5.74) is 2.92. The number of benzene rings is 1. The first-order chi connectivity index (χ1) is 12.0. The largest absolute Gasteiger partial charge is 0.374 e. The van der Waals surface area contributed by atoms with Crippen molar-refractivity contribution in [2.24, 2.45) is 7.05 Å². The van der Waals surface area contributed by atoms with Gasteiger partial charge in [0.2, 0.25) is 0 Å². The molecule has 6 nitrogen and oxygen atoms in total. The normalized spacial score (nSPS) is 17.8. The molecule has 1 aliphatic rings. The molecule has 0 radical (unpaired) electrons. The van der Waals surface area contributed by atoms with E-state index >= 15 is 0 Å². The zero-order valence-electron chi connectivity index (χ0n) is 15.1. The van der Waals surface area contributed by atoms with E-state index in [9.17, 15) is 4.79 Å². The fourth-order valence-electron chi connectivity index (χ4n) is 3.13. The fourth-order valence-corrected chi connectivity index (χ4v) is 3.13. The van der Waals surface area contributed by atoms with Crippen molar-refractivity contribution in [2.45, 2.75) is 32.3 Å². The Hall–Kier alpha value is -2.34. The van der Waals surface area contributed by atoms with E-state index in [0.717, 1.165) is 17.8 Å². The van der Waals surface area contributed by atoms with Gasteiger partial charge < -0.3 is 15.0 Å². The third-order valence-electron chi connectivity index (χ3n) is 4.38. The number of aromatic nitrogens is 2. The maximum absolute atomic E-state index is 12.7. The lowest BCUT2D eigenvalue weighted by atomic mass is 10.1. The summed E-state index contributed by atoms with van der Waals surface area (Å²) in [6.45, 7) is 5.91. The first-order valence-corrected chi connectivity index (χ1v) is 8.78. The van der Waals surface area contributed by atoms with Gasteiger partial charge in [0.05, 0.1) is 24.1 Å². The van der Waals surface area contributed by atoms with E-state index in [4.69, 9.17) is 4.74 Å². The SMILES string of the molecule is CC(C)c1nn(C)cc1NC(=O)N1CCOC(Cc2ccccc2)C1. The number of nitrogens with one attached hydrogen (secondary N) is 1. The van der Waals surface area contributed by atoms with Gasteiger partial charge in [-0.2, -0.15) is 5.10 Å². The van der Waals surface area contributed by atoms with E-state index in [1.165, 1.54) is 5.56 Å². The number of anilines is 1. The smallest absolute Gasteiger partial charge is 0.322 e. The minimum atomic E-state index is -0.0868. The molecule has 1 unspecified atom stereocenters. The Bertz CT molecular complexity index is 711. The Morgan fingerprint density at radius 1 is 1.36 bits per heavy atom. The topological polar surface area (TPSA) is 59.4 Å². The summed E-state index contributed by atoms with van der Waals surface area (Å²) in [7, 11) is 1.87. The first kappa shape index (κ1) is 17.5. The highest BCUT2D eigenvalue weighted by molar-refractivity contribution is 5.90. The number of carbonyl (C=O) groups is 1. The molecule has 0 saturated carbocycles. The van der Waals surface area contributed by atoms with Crippen LogP contribution in [0.25, 0.3) is 0 Å². The van der Waals surface area contributed by atoms with Gasteiger partial charge in [-0.3, -0.25) is 4.68 Å². The van der Waals surface area contributed by atoms with Crippen molar-refractivity contribution < 1.29 is 9.53 Å². The molecule has 2 aromatic rings. The number of aryl methyl sites for hydroxylation is 1. The Morgan fingerprint density at radius 3 is 2.84 bits per heavy atom. The van der Waals surface area contributed by atoms with Gasteiger partial charge in [0, 0.05) is 32.8 Å². The molecule has 0 spiro atoms. The molecule has 0 aliphatic carbocycles. The van der Waals surface area contributed by atoms with E-state index in [2.05, 4.69) is 36.4 Å². The van der Waals surface area contributed by atoms with Crippen LogP contribution in [0.2, 0.25) is 0 Å². The second-order valence-electron chi connectivity index (χ2n) is 6.82. The highest BCUT2D eigenvalue weighted by Gasteiger charge is 2.25. The van der Waals surface area contributed by atoms with Crippen LogP contribution in [0.5, 0.6) is 0 Å². The molecule has 3 rings (SSSR count). The van der Waals surface area contributed by atoms with Crippen LogP contribution in [0.3, 0.4) is 0 Å². The predicted molar refractivity (Wildman–Crippen MR) is 97.8 cm³/mol. The number of carbonyl (C=O) groups excluding carboxylic acids is 1. The first-order valence-electron chi connectivity index (χ1n) is 8.78. The second-order valence-corrected chi connectivity index (χ2v) is 6.82. The van der Waals surface area contributed by atoms with Crippen LogP contribution >= 0.6 is 0 Å². The quantitative estimate of drug-likeness (QED) is 0.929. The third kappa shape index (κ3) is 4.39. The van der Waals surface area contributed by atoms with Gasteiger partial charge >= 0.3 is 6.03 Å². The number of urea groups is 1. The van der Waals surface area contributed by atoms with Crippen LogP contribution in [0, 0.1) is 0 Å². The zero-order chi connectivity index (χ0) is 17.8. The number of hydrogen-bond donors (Lipinski definition) is 1. The molecule has 1 N–H and O–H groups in total. The molecule has 1 aromatic heterocycles. The van der Waals surface area contributed by atoms with Crippen molar-refractivity contribution in [1.82, 2.24) is 14.7 Å². The maximum atomic E-state index is 12.7. The van der Waals surface area contributed by atoms with E-state index in [1.54, 1.807) is 4.68 Å². The summed E-state index contributed by atoms with van der Waals surface area (Å²) in [5, 5.41) is 7.45. The third-order valence-corrected chi connectivity index (χ3v) is 4.38. The fraction of sp³-hybridized carbons (Fsp3) is 0.474. The van der Waals surface area contributed by atoms with Crippen LogP contribution in [0.15, 0.2) is 36.5 Å². The second kappa shape index (κ2) is 7.70. The minimum absolute atomic E-state index is 0.0281. The Kier molecular flexibility index (Phi) is 5.38. The van der Waals surface area contributed by atoms with Crippen LogP contribution in [-0.2, 0) is 18.2 Å². The average molecular weight is 342 g/mol. The number of ether oxygens (including phenoxy) is 1. The van der Waals surface area contributed by atoms with Crippen molar-refractivity contribution in [3.8, 4) is 0 Å². The van der Waals surface area contributed by atoms with E-state index in [0.29, 0.717) is 19.7 Å². The molecular weight excluding hydrogens is 316 g/mol. The molecule has 0 bridgehead atoms. The Morgan fingerprint density at radius 2 is 2.12 bits per heavy atom. The number of rotatable bonds is 4. The molecule has 1 aromatic carbocycles. The van der Waals surface area contributed by atoms with Crippen LogP contribution in [0.4, 0.5) is 10.5 Å². The van der Waals surface area contributed by atoms with Gasteiger partial charge in [-0.05, 0) is 11.5 Å². The van der Waals surface area contributed by atoms with E-state index in [-0.39, 0.29) is 18.1 Å². The van der Waals surface area contributed by atoms with Crippen LogP contribution < -0.4 is 5.32 Å². The zero-order valence-corrected chi connectivity index (χ0v) is 15.1. The molecule has 1 aliphatic heterocycles. The summed E-state index contributed by atoms with van der Waals surface area (Å²) in [6.07, 6.45) is 2.70. The number of nitrogens with zero attached hydrogens (tertiary/aromatic N) is 3.